The van der Waals surface area contributed by atoms with Crippen LogP contribution in [0.15, 0.2) is 36.4 Å². The number of nitrogens with zero attached hydrogens (tertiary/aromatic N) is 3. The Hall–Kier alpha value is -3.58. The molecule has 0 aliphatic carbocycles. The second kappa shape index (κ2) is 9.71. The Morgan fingerprint density at radius 3 is 2.62 bits per heavy atom. The van der Waals surface area contributed by atoms with Crippen molar-refractivity contribution in [3.63, 3.8) is 0 Å². The number of H-pyrrole nitrogens is 1. The molecular weight excluding hydrogens is 486 g/mol. The van der Waals surface area contributed by atoms with Crippen LogP contribution in [0.4, 0.5) is 5.69 Å². The summed E-state index contributed by atoms with van der Waals surface area (Å²) in [6.07, 6.45) is 3.57. The molecule has 2 aromatic heterocycles. The number of amides is 2. The second-order valence-electron chi connectivity index (χ2n) is 9.88. The highest BCUT2D eigenvalue weighted by molar-refractivity contribution is 6.35. The fraction of sp³-hybridized carbons (Fsp3) is 0.345. The van der Waals surface area contributed by atoms with Gasteiger partial charge in [0.15, 0.2) is 7.05 Å². The van der Waals surface area contributed by atoms with Gasteiger partial charge in [0, 0.05) is 42.2 Å². The van der Waals surface area contributed by atoms with Gasteiger partial charge in [0.2, 0.25) is 11.6 Å². The van der Waals surface area contributed by atoms with Gasteiger partial charge in [-0.2, -0.15) is 5.10 Å². The molecular formula is C29H33ClN5O2+. The minimum atomic E-state index is -0.508. The Morgan fingerprint density at radius 1 is 1.16 bits per heavy atom. The molecule has 0 spiro atoms. The zero-order valence-electron chi connectivity index (χ0n) is 21.8. The summed E-state index contributed by atoms with van der Waals surface area (Å²) >= 11 is 6.92. The minimum Gasteiger partial charge on any atom is -0.366 e. The van der Waals surface area contributed by atoms with Gasteiger partial charge in [0.25, 0.3) is 5.91 Å². The maximum Gasteiger partial charge on any atom is 0.275 e. The number of hydrogen-bond donors (Lipinski definition) is 2. The number of primary amides is 1. The van der Waals surface area contributed by atoms with Gasteiger partial charge in [-0.3, -0.25) is 9.59 Å². The Labute approximate surface area is 221 Å². The van der Waals surface area contributed by atoms with Crippen LogP contribution >= 0.6 is 11.6 Å². The highest BCUT2D eigenvalue weighted by atomic mass is 35.5. The van der Waals surface area contributed by atoms with Gasteiger partial charge in [-0.1, -0.05) is 37.1 Å². The molecule has 0 bridgehead atoms. The summed E-state index contributed by atoms with van der Waals surface area (Å²) in [6.45, 7) is 7.54. The van der Waals surface area contributed by atoms with Crippen LogP contribution in [0.3, 0.4) is 0 Å². The van der Waals surface area contributed by atoms with Gasteiger partial charge in [-0.15, -0.1) is 4.68 Å². The number of aromatic nitrogens is 3. The van der Waals surface area contributed by atoms with E-state index in [0.29, 0.717) is 35.1 Å². The van der Waals surface area contributed by atoms with E-state index in [9.17, 15) is 9.59 Å². The Kier molecular flexibility index (Phi) is 6.58. The molecule has 0 saturated heterocycles. The topological polar surface area (TPSA) is 88.0 Å². The molecule has 3 N–H and O–H groups in total. The Balaban J connectivity index is 1.79. The van der Waals surface area contributed by atoms with Crippen molar-refractivity contribution in [3.8, 4) is 11.1 Å². The molecule has 0 saturated carbocycles. The molecule has 0 fully saturated rings. The molecule has 3 heterocycles. The van der Waals surface area contributed by atoms with Crippen molar-refractivity contribution in [1.29, 1.82) is 0 Å². The number of rotatable bonds is 6. The number of benzene rings is 2. The van der Waals surface area contributed by atoms with Crippen LogP contribution in [-0.4, -0.2) is 28.0 Å². The molecule has 0 radical (unpaired) electrons. The van der Waals surface area contributed by atoms with Gasteiger partial charge in [0.1, 0.15) is 5.69 Å². The molecule has 4 aromatic rings. The van der Waals surface area contributed by atoms with Crippen LogP contribution in [0.25, 0.3) is 22.0 Å². The van der Waals surface area contributed by atoms with Crippen molar-refractivity contribution in [2.45, 2.75) is 53.0 Å². The lowest BCUT2D eigenvalue weighted by Gasteiger charge is -2.21. The van der Waals surface area contributed by atoms with Crippen LogP contribution in [0.2, 0.25) is 5.02 Å². The van der Waals surface area contributed by atoms with Crippen LogP contribution < -0.4 is 15.3 Å². The molecule has 0 atom stereocenters. The predicted octanol–water partition coefficient (Wildman–Crippen LogP) is 5.22. The van der Waals surface area contributed by atoms with Crippen molar-refractivity contribution >= 4 is 40.0 Å². The van der Waals surface area contributed by atoms with Gasteiger partial charge >= 0.3 is 0 Å². The molecule has 1 aliphatic rings. The molecule has 37 heavy (non-hydrogen) atoms. The first-order chi connectivity index (χ1) is 17.7. The van der Waals surface area contributed by atoms with E-state index < -0.39 is 5.91 Å². The molecule has 5 rings (SSSR count). The number of aromatic amines is 1. The van der Waals surface area contributed by atoms with Crippen molar-refractivity contribution < 1.29 is 14.3 Å². The van der Waals surface area contributed by atoms with E-state index >= 15 is 0 Å². The van der Waals surface area contributed by atoms with E-state index in [2.05, 4.69) is 36.5 Å². The van der Waals surface area contributed by atoms with Crippen LogP contribution in [-0.2, 0) is 20.0 Å². The summed E-state index contributed by atoms with van der Waals surface area (Å²) in [5, 5.41) is 5.13. The molecule has 7 nitrogen and oxygen atoms in total. The SMILES string of the molecule is CCCCc1c2n(c3c(-c4c(C)[nH][n+](C)c4C)c(Cl)ccc13)CCCN(c1cccc(C(N)=O)c1)C2=O. The number of unbranched alkanes of at least 4 members (excludes halogenated alkanes) is 1. The normalized spacial score (nSPS) is 13.8. The average Bonchev–Trinajstić information content (AvgIpc) is 3.24. The van der Waals surface area contributed by atoms with Gasteiger partial charge < -0.3 is 15.2 Å². The fourth-order valence-electron chi connectivity index (χ4n) is 5.69. The summed E-state index contributed by atoms with van der Waals surface area (Å²) in [5.74, 6) is -0.567. The molecule has 8 heteroatoms. The van der Waals surface area contributed by atoms with E-state index in [-0.39, 0.29) is 5.91 Å². The van der Waals surface area contributed by atoms with Gasteiger partial charge in [-0.25, -0.2) is 0 Å². The lowest BCUT2D eigenvalue weighted by Crippen LogP contribution is -2.32. The molecule has 2 aromatic carbocycles. The number of nitrogens with one attached hydrogen (secondary N) is 1. The Bertz CT molecular complexity index is 1550. The summed E-state index contributed by atoms with van der Waals surface area (Å²) in [5.41, 5.74) is 13.6. The summed E-state index contributed by atoms with van der Waals surface area (Å²) in [6, 6.07) is 11.0. The molecule has 2 amide bonds. The first kappa shape index (κ1) is 25.1. The summed E-state index contributed by atoms with van der Waals surface area (Å²) in [4.78, 5) is 27.9. The maximum absolute atomic E-state index is 14.3. The maximum atomic E-state index is 14.3. The van der Waals surface area contributed by atoms with E-state index in [1.807, 2.05) is 23.9 Å². The third kappa shape index (κ3) is 4.11. The highest BCUT2D eigenvalue weighted by Gasteiger charge is 2.33. The minimum absolute atomic E-state index is 0.0587. The number of nitrogens with two attached hydrogens (primary N) is 1. The number of anilines is 1. The number of fused-ring (bicyclic) bond motifs is 3. The first-order valence-electron chi connectivity index (χ1n) is 12.8. The molecule has 1 aliphatic heterocycles. The second-order valence-corrected chi connectivity index (χ2v) is 10.3. The molecule has 0 unspecified atom stereocenters. The largest absolute Gasteiger partial charge is 0.366 e. The zero-order chi connectivity index (χ0) is 26.4. The first-order valence-corrected chi connectivity index (χ1v) is 13.2. The number of halogens is 1. The Morgan fingerprint density at radius 2 is 1.95 bits per heavy atom. The zero-order valence-corrected chi connectivity index (χ0v) is 22.6. The molecule has 192 valence electrons. The van der Waals surface area contributed by atoms with Crippen molar-refractivity contribution in [2.75, 3.05) is 11.4 Å². The van der Waals surface area contributed by atoms with Crippen molar-refractivity contribution in [2.24, 2.45) is 12.8 Å². The van der Waals surface area contributed by atoms with E-state index in [0.717, 1.165) is 64.7 Å². The van der Waals surface area contributed by atoms with Crippen molar-refractivity contribution in [3.05, 3.63) is 69.6 Å². The number of carbonyl (C=O) groups excluding carboxylic acids is 2. The van der Waals surface area contributed by atoms with E-state index in [1.165, 1.54) is 0 Å². The van der Waals surface area contributed by atoms with Crippen LogP contribution in [0.5, 0.6) is 0 Å². The smallest absolute Gasteiger partial charge is 0.275 e. The third-order valence-electron chi connectivity index (χ3n) is 7.54. The van der Waals surface area contributed by atoms with E-state index in [1.54, 1.807) is 23.1 Å². The third-order valence-corrected chi connectivity index (χ3v) is 7.85. The highest BCUT2D eigenvalue weighted by Crippen LogP contribution is 2.42. The number of hydrogen-bond acceptors (Lipinski definition) is 2. The lowest BCUT2D eigenvalue weighted by atomic mass is 9.98. The van der Waals surface area contributed by atoms with E-state index in [4.69, 9.17) is 17.3 Å². The monoisotopic (exact) mass is 518 g/mol. The quantitative estimate of drug-likeness (QED) is 0.343. The lowest BCUT2D eigenvalue weighted by molar-refractivity contribution is -0.732. The number of aryl methyl sites for hydroxylation is 4. The van der Waals surface area contributed by atoms with Gasteiger partial charge in [-0.05, 0) is 56.0 Å². The van der Waals surface area contributed by atoms with Crippen LogP contribution in [0, 0.1) is 13.8 Å². The fourth-order valence-corrected chi connectivity index (χ4v) is 5.94. The van der Waals surface area contributed by atoms with Gasteiger partial charge in [0.05, 0.1) is 21.8 Å². The van der Waals surface area contributed by atoms with Crippen LogP contribution in [0.1, 0.15) is 64.0 Å². The van der Waals surface area contributed by atoms with Crippen molar-refractivity contribution in [1.82, 2.24) is 9.67 Å². The summed E-state index contributed by atoms with van der Waals surface area (Å²) in [7, 11) is 1.99. The predicted molar refractivity (Wildman–Crippen MR) is 147 cm³/mol. The average molecular weight is 519 g/mol. The standard InChI is InChI=1S/C29H32ClN5O2/c1-5-6-11-21-22-12-13-23(30)25(24-17(2)32-33(4)18(24)3)26(22)35-15-8-14-34(29(37)27(21)35)20-10-7-9-19(16-20)28(31)36/h7,9-10,12-13,16H,5-6,8,11,14-15H2,1-4H3,(H2,31,36)/p+1. The summed E-state index contributed by atoms with van der Waals surface area (Å²) < 4.78 is 4.19. The number of carbonyl (C=O) groups is 2.